The second-order valence-corrected chi connectivity index (χ2v) is 8.76. The molecule has 3 rings (SSSR count). The molecule has 6 heteroatoms. The number of halogens is 1. The van der Waals surface area contributed by atoms with E-state index in [1.165, 1.54) is 11.3 Å². The molecule has 2 aromatic rings. The molecule has 3 nitrogen and oxygen atoms in total. The Bertz CT molecular complexity index is 755. The zero-order valence-electron chi connectivity index (χ0n) is 11.5. The SMILES string of the molecule is CCc1ccc(S(=O)(=O)NC2c3ccccc3CC2Cl)s1. The summed E-state index contributed by atoms with van der Waals surface area (Å²) in [5.74, 6) is 0. The minimum Gasteiger partial charge on any atom is -0.206 e. The van der Waals surface area contributed by atoms with Crippen LogP contribution in [0.2, 0.25) is 0 Å². The van der Waals surface area contributed by atoms with Crippen LogP contribution in [0.4, 0.5) is 0 Å². The molecule has 1 aromatic carbocycles. The van der Waals surface area contributed by atoms with Crippen LogP contribution in [-0.2, 0) is 22.9 Å². The highest BCUT2D eigenvalue weighted by molar-refractivity contribution is 7.91. The van der Waals surface area contributed by atoms with Gasteiger partial charge < -0.3 is 0 Å². The van der Waals surface area contributed by atoms with E-state index in [-0.39, 0.29) is 11.4 Å². The monoisotopic (exact) mass is 341 g/mol. The summed E-state index contributed by atoms with van der Waals surface area (Å²) in [6, 6.07) is 11.0. The number of nitrogens with one attached hydrogen (secondary N) is 1. The fourth-order valence-corrected chi connectivity index (χ4v) is 5.61. The van der Waals surface area contributed by atoms with Gasteiger partial charge in [0.15, 0.2) is 0 Å². The van der Waals surface area contributed by atoms with E-state index in [0.717, 1.165) is 22.4 Å². The fraction of sp³-hybridized carbons (Fsp3) is 0.333. The molecule has 1 heterocycles. The van der Waals surface area contributed by atoms with Gasteiger partial charge >= 0.3 is 0 Å². The first-order valence-corrected chi connectivity index (χ1v) is 9.58. The van der Waals surface area contributed by atoms with Crippen LogP contribution < -0.4 is 4.72 Å². The number of aryl methyl sites for hydroxylation is 1. The maximum atomic E-state index is 12.5. The first kappa shape index (κ1) is 15.0. The number of fused-ring (bicyclic) bond motifs is 1. The zero-order valence-corrected chi connectivity index (χ0v) is 13.9. The predicted octanol–water partition coefficient (Wildman–Crippen LogP) is 3.49. The van der Waals surface area contributed by atoms with E-state index in [1.807, 2.05) is 37.3 Å². The van der Waals surface area contributed by atoms with Crippen LogP contribution in [0.5, 0.6) is 0 Å². The number of sulfonamides is 1. The smallest absolute Gasteiger partial charge is 0.206 e. The Labute approximate surface area is 134 Å². The van der Waals surface area contributed by atoms with E-state index in [9.17, 15) is 8.42 Å². The molecule has 0 spiro atoms. The first-order valence-electron chi connectivity index (χ1n) is 6.84. The third-order valence-corrected chi connectivity index (χ3v) is 7.27. The lowest BCUT2D eigenvalue weighted by Gasteiger charge is -2.16. The largest absolute Gasteiger partial charge is 0.250 e. The molecule has 0 amide bonds. The third-order valence-electron chi connectivity index (χ3n) is 3.70. The first-order chi connectivity index (χ1) is 10.0. The molecule has 21 heavy (non-hydrogen) atoms. The molecular formula is C15H16ClNO2S2. The maximum absolute atomic E-state index is 12.5. The second-order valence-electron chi connectivity index (χ2n) is 5.09. The fourth-order valence-electron chi connectivity index (χ4n) is 2.60. The van der Waals surface area contributed by atoms with Crippen LogP contribution in [0.15, 0.2) is 40.6 Å². The van der Waals surface area contributed by atoms with Crippen molar-refractivity contribution in [1.82, 2.24) is 4.72 Å². The van der Waals surface area contributed by atoms with Crippen molar-refractivity contribution < 1.29 is 8.42 Å². The number of thiophene rings is 1. The van der Waals surface area contributed by atoms with E-state index in [2.05, 4.69) is 4.72 Å². The minimum absolute atomic E-state index is 0.247. The number of alkyl halides is 1. The minimum atomic E-state index is -3.52. The van der Waals surface area contributed by atoms with Crippen molar-refractivity contribution in [2.24, 2.45) is 0 Å². The van der Waals surface area contributed by atoms with Crippen LogP contribution in [0, 0.1) is 0 Å². The van der Waals surface area contributed by atoms with Crippen molar-refractivity contribution in [3.8, 4) is 0 Å². The van der Waals surface area contributed by atoms with Gasteiger partial charge in [-0.05, 0) is 36.1 Å². The van der Waals surface area contributed by atoms with E-state index < -0.39 is 10.0 Å². The number of hydrogen-bond donors (Lipinski definition) is 1. The molecule has 0 aliphatic heterocycles. The summed E-state index contributed by atoms with van der Waals surface area (Å²) in [7, 11) is -3.52. The van der Waals surface area contributed by atoms with Crippen molar-refractivity contribution in [1.29, 1.82) is 0 Å². The predicted molar refractivity (Wildman–Crippen MR) is 86.5 cm³/mol. The Hall–Kier alpha value is -0.880. The highest BCUT2D eigenvalue weighted by atomic mass is 35.5. The lowest BCUT2D eigenvalue weighted by molar-refractivity contribution is 0.558. The van der Waals surface area contributed by atoms with Gasteiger partial charge in [-0.2, -0.15) is 0 Å². The second kappa shape index (κ2) is 5.72. The Kier molecular flexibility index (Phi) is 4.10. The van der Waals surface area contributed by atoms with Gasteiger partial charge in [0.2, 0.25) is 0 Å². The van der Waals surface area contributed by atoms with Crippen LogP contribution in [0.3, 0.4) is 0 Å². The standard InChI is InChI=1S/C15H16ClNO2S2/c1-2-11-7-8-14(20-11)21(18,19)17-15-12-6-4-3-5-10(12)9-13(15)16/h3-8,13,15,17H,2,9H2,1H3. The summed E-state index contributed by atoms with van der Waals surface area (Å²) < 4.78 is 28.1. The molecule has 2 unspecified atom stereocenters. The van der Waals surface area contributed by atoms with Gasteiger partial charge in [0.1, 0.15) is 4.21 Å². The van der Waals surface area contributed by atoms with Gasteiger partial charge in [-0.1, -0.05) is 31.2 Å². The van der Waals surface area contributed by atoms with Crippen molar-refractivity contribution in [3.05, 3.63) is 52.4 Å². The van der Waals surface area contributed by atoms with Crippen molar-refractivity contribution in [3.63, 3.8) is 0 Å². The molecule has 1 aliphatic rings. The third kappa shape index (κ3) is 2.88. The average Bonchev–Trinajstić information content (AvgIpc) is 3.05. The lowest BCUT2D eigenvalue weighted by atomic mass is 10.1. The van der Waals surface area contributed by atoms with Gasteiger partial charge in [-0.15, -0.1) is 22.9 Å². The molecule has 1 aromatic heterocycles. The summed E-state index contributed by atoms with van der Waals surface area (Å²) >= 11 is 7.66. The molecule has 1 N–H and O–H groups in total. The van der Waals surface area contributed by atoms with Gasteiger partial charge in [-0.25, -0.2) is 13.1 Å². The number of benzene rings is 1. The van der Waals surface area contributed by atoms with Crippen molar-refractivity contribution in [2.75, 3.05) is 0 Å². The molecule has 0 saturated heterocycles. The van der Waals surface area contributed by atoms with E-state index >= 15 is 0 Å². The van der Waals surface area contributed by atoms with Crippen molar-refractivity contribution in [2.45, 2.75) is 35.4 Å². The average molecular weight is 342 g/mol. The molecule has 0 fully saturated rings. The van der Waals surface area contributed by atoms with Gasteiger partial charge in [0, 0.05) is 4.88 Å². The summed E-state index contributed by atoms with van der Waals surface area (Å²) in [6.07, 6.45) is 1.53. The van der Waals surface area contributed by atoms with Crippen molar-refractivity contribution >= 4 is 33.0 Å². The van der Waals surface area contributed by atoms with E-state index in [4.69, 9.17) is 11.6 Å². The quantitative estimate of drug-likeness (QED) is 0.865. The molecule has 2 atom stereocenters. The normalized spacial score (nSPS) is 21.4. The lowest BCUT2D eigenvalue weighted by Crippen LogP contribution is -2.31. The number of hydrogen-bond acceptors (Lipinski definition) is 3. The van der Waals surface area contributed by atoms with Crippen LogP contribution in [-0.4, -0.2) is 13.8 Å². The molecule has 0 radical (unpaired) electrons. The zero-order chi connectivity index (χ0) is 15.0. The molecule has 112 valence electrons. The summed E-state index contributed by atoms with van der Waals surface area (Å²) in [5.41, 5.74) is 2.10. The van der Waals surface area contributed by atoms with Crippen LogP contribution in [0.25, 0.3) is 0 Å². The number of rotatable bonds is 4. The highest BCUT2D eigenvalue weighted by Gasteiger charge is 2.34. The molecule has 1 aliphatic carbocycles. The van der Waals surface area contributed by atoms with Gasteiger partial charge in [-0.3, -0.25) is 0 Å². The Morgan fingerprint density at radius 2 is 2.05 bits per heavy atom. The van der Waals surface area contributed by atoms with E-state index in [0.29, 0.717) is 10.6 Å². The summed E-state index contributed by atoms with van der Waals surface area (Å²) in [5, 5.41) is -0.247. The highest BCUT2D eigenvalue weighted by Crippen LogP contribution is 2.36. The van der Waals surface area contributed by atoms with E-state index in [1.54, 1.807) is 6.07 Å². The Balaban J connectivity index is 1.89. The molecule has 0 bridgehead atoms. The van der Waals surface area contributed by atoms with Crippen LogP contribution in [0.1, 0.15) is 29.0 Å². The summed E-state index contributed by atoms with van der Waals surface area (Å²) in [4.78, 5) is 1.06. The molecular weight excluding hydrogens is 326 g/mol. The maximum Gasteiger partial charge on any atom is 0.250 e. The Morgan fingerprint density at radius 3 is 2.76 bits per heavy atom. The molecule has 0 saturated carbocycles. The Morgan fingerprint density at radius 1 is 1.29 bits per heavy atom. The summed E-state index contributed by atoms with van der Waals surface area (Å²) in [6.45, 7) is 2.01. The van der Waals surface area contributed by atoms with Crippen LogP contribution >= 0.6 is 22.9 Å². The van der Waals surface area contributed by atoms with Gasteiger partial charge in [0.05, 0.1) is 11.4 Å². The van der Waals surface area contributed by atoms with Gasteiger partial charge in [0.25, 0.3) is 10.0 Å². The topological polar surface area (TPSA) is 46.2 Å².